The van der Waals surface area contributed by atoms with E-state index in [-0.39, 0.29) is 17.9 Å². The number of nitrogens with zero attached hydrogens (tertiary/aromatic N) is 2. The molecule has 1 aliphatic carbocycles. The first-order valence-corrected chi connectivity index (χ1v) is 6.51. The highest BCUT2D eigenvalue weighted by Crippen LogP contribution is 2.24. The van der Waals surface area contributed by atoms with Crippen LogP contribution in [-0.2, 0) is 11.8 Å². The standard InChI is InChI=1S/C13H19N3O3/c1-8-7-11(15-16(8)2)12(17)14-10-5-3-9(4-6-10)13(18)19/h7,9-10H,3-6H2,1-2H3,(H,14,17)(H,18,19). The molecular weight excluding hydrogens is 246 g/mol. The number of carboxylic acids is 1. The SMILES string of the molecule is Cc1cc(C(=O)NC2CCC(C(=O)O)CC2)nn1C. The Morgan fingerprint density at radius 2 is 2.00 bits per heavy atom. The van der Waals surface area contributed by atoms with E-state index < -0.39 is 5.97 Å². The second-order valence-corrected chi connectivity index (χ2v) is 5.15. The molecule has 1 heterocycles. The quantitative estimate of drug-likeness (QED) is 0.857. The van der Waals surface area contributed by atoms with Gasteiger partial charge in [0.2, 0.25) is 0 Å². The van der Waals surface area contributed by atoms with Gasteiger partial charge in [0.25, 0.3) is 5.91 Å². The third-order valence-corrected chi connectivity index (χ3v) is 3.76. The van der Waals surface area contributed by atoms with Gasteiger partial charge in [-0.1, -0.05) is 0 Å². The molecule has 1 amide bonds. The van der Waals surface area contributed by atoms with Gasteiger partial charge in [-0.05, 0) is 38.7 Å². The number of aliphatic carboxylic acids is 1. The van der Waals surface area contributed by atoms with Gasteiger partial charge in [0.05, 0.1) is 5.92 Å². The zero-order valence-electron chi connectivity index (χ0n) is 11.2. The molecule has 0 saturated heterocycles. The summed E-state index contributed by atoms with van der Waals surface area (Å²) in [5.41, 5.74) is 1.35. The van der Waals surface area contributed by atoms with Gasteiger partial charge < -0.3 is 10.4 Å². The molecule has 0 spiro atoms. The molecule has 1 fully saturated rings. The number of hydrogen-bond donors (Lipinski definition) is 2. The normalized spacial score (nSPS) is 23.1. The molecule has 19 heavy (non-hydrogen) atoms. The molecule has 6 nitrogen and oxygen atoms in total. The summed E-state index contributed by atoms with van der Waals surface area (Å²) in [6.45, 7) is 1.89. The van der Waals surface area contributed by atoms with Crippen molar-refractivity contribution >= 4 is 11.9 Å². The van der Waals surface area contributed by atoms with Crippen LogP contribution in [-0.4, -0.2) is 32.8 Å². The predicted molar refractivity (Wildman–Crippen MR) is 68.8 cm³/mol. The highest BCUT2D eigenvalue weighted by molar-refractivity contribution is 5.92. The first-order valence-electron chi connectivity index (χ1n) is 6.51. The van der Waals surface area contributed by atoms with Crippen molar-refractivity contribution in [1.82, 2.24) is 15.1 Å². The second-order valence-electron chi connectivity index (χ2n) is 5.15. The zero-order valence-corrected chi connectivity index (χ0v) is 11.2. The minimum Gasteiger partial charge on any atom is -0.481 e. The number of carbonyl (C=O) groups is 2. The number of nitrogens with one attached hydrogen (secondary N) is 1. The average molecular weight is 265 g/mol. The molecule has 2 N–H and O–H groups in total. The minimum absolute atomic E-state index is 0.0606. The predicted octanol–water partition coefficient (Wildman–Crippen LogP) is 1.10. The fourth-order valence-electron chi connectivity index (χ4n) is 2.42. The van der Waals surface area contributed by atoms with E-state index in [1.165, 1.54) is 0 Å². The molecular formula is C13H19N3O3. The highest BCUT2D eigenvalue weighted by Gasteiger charge is 2.27. The van der Waals surface area contributed by atoms with E-state index in [0.29, 0.717) is 31.4 Å². The van der Waals surface area contributed by atoms with Gasteiger partial charge in [0, 0.05) is 18.8 Å². The first kappa shape index (κ1) is 13.6. The Balaban J connectivity index is 1.89. The van der Waals surface area contributed by atoms with E-state index in [2.05, 4.69) is 10.4 Å². The van der Waals surface area contributed by atoms with Crippen molar-refractivity contribution in [2.75, 3.05) is 0 Å². The monoisotopic (exact) mass is 265 g/mol. The molecule has 2 rings (SSSR count). The number of carbonyl (C=O) groups excluding carboxylic acids is 1. The van der Waals surface area contributed by atoms with E-state index in [0.717, 1.165) is 5.69 Å². The number of amides is 1. The van der Waals surface area contributed by atoms with Gasteiger partial charge in [0.15, 0.2) is 0 Å². The van der Waals surface area contributed by atoms with Crippen LogP contribution in [0.5, 0.6) is 0 Å². The maximum absolute atomic E-state index is 12.0. The number of rotatable bonds is 3. The van der Waals surface area contributed by atoms with E-state index in [4.69, 9.17) is 5.11 Å². The van der Waals surface area contributed by atoms with Gasteiger partial charge in [0.1, 0.15) is 5.69 Å². The Morgan fingerprint density at radius 3 is 2.47 bits per heavy atom. The van der Waals surface area contributed by atoms with Crippen molar-refractivity contribution < 1.29 is 14.7 Å². The van der Waals surface area contributed by atoms with Crippen LogP contribution in [0.25, 0.3) is 0 Å². The number of aromatic nitrogens is 2. The summed E-state index contributed by atoms with van der Waals surface area (Å²) >= 11 is 0. The molecule has 1 aliphatic rings. The van der Waals surface area contributed by atoms with E-state index >= 15 is 0 Å². The first-order chi connectivity index (χ1) is 8.97. The lowest BCUT2D eigenvalue weighted by atomic mass is 9.86. The van der Waals surface area contributed by atoms with Crippen LogP contribution in [0.1, 0.15) is 41.9 Å². The van der Waals surface area contributed by atoms with Crippen LogP contribution in [0.4, 0.5) is 0 Å². The molecule has 0 aromatic carbocycles. The fourth-order valence-corrected chi connectivity index (χ4v) is 2.42. The smallest absolute Gasteiger partial charge is 0.306 e. The molecule has 0 bridgehead atoms. The second kappa shape index (κ2) is 5.42. The summed E-state index contributed by atoms with van der Waals surface area (Å²) in [6, 6.07) is 1.81. The molecule has 0 atom stereocenters. The molecule has 104 valence electrons. The van der Waals surface area contributed by atoms with Crippen molar-refractivity contribution in [3.63, 3.8) is 0 Å². The van der Waals surface area contributed by atoms with Crippen molar-refractivity contribution in [3.8, 4) is 0 Å². The molecule has 1 aromatic heterocycles. The van der Waals surface area contributed by atoms with Gasteiger partial charge in [-0.25, -0.2) is 0 Å². The Kier molecular flexibility index (Phi) is 3.87. The summed E-state index contributed by atoms with van der Waals surface area (Å²) < 4.78 is 1.66. The van der Waals surface area contributed by atoms with Gasteiger partial charge in [-0.2, -0.15) is 5.10 Å². The van der Waals surface area contributed by atoms with Crippen molar-refractivity contribution in [3.05, 3.63) is 17.5 Å². The molecule has 0 radical (unpaired) electrons. The summed E-state index contributed by atoms with van der Waals surface area (Å²) in [7, 11) is 1.80. The third-order valence-electron chi connectivity index (χ3n) is 3.76. The lowest BCUT2D eigenvalue weighted by Gasteiger charge is -2.26. The van der Waals surface area contributed by atoms with E-state index in [9.17, 15) is 9.59 Å². The molecule has 0 unspecified atom stereocenters. The maximum Gasteiger partial charge on any atom is 0.306 e. The topological polar surface area (TPSA) is 84.2 Å². The molecule has 1 aromatic rings. The average Bonchev–Trinajstić information content (AvgIpc) is 2.70. The lowest BCUT2D eigenvalue weighted by molar-refractivity contribution is -0.142. The van der Waals surface area contributed by atoms with E-state index in [1.807, 2.05) is 6.92 Å². The largest absolute Gasteiger partial charge is 0.481 e. The van der Waals surface area contributed by atoms with Crippen LogP contribution in [0, 0.1) is 12.8 Å². The Bertz CT molecular complexity index is 468. The highest BCUT2D eigenvalue weighted by atomic mass is 16.4. The zero-order chi connectivity index (χ0) is 14.0. The third kappa shape index (κ3) is 3.13. The Labute approximate surface area is 111 Å². The molecule has 6 heteroatoms. The minimum atomic E-state index is -0.731. The number of aryl methyl sites for hydroxylation is 2. The summed E-state index contributed by atoms with van der Waals surface area (Å²) in [6.07, 6.45) is 2.69. The number of hydrogen-bond acceptors (Lipinski definition) is 3. The van der Waals surface area contributed by atoms with Crippen molar-refractivity contribution in [1.29, 1.82) is 0 Å². The van der Waals surface area contributed by atoms with Crippen LogP contribution in [0.15, 0.2) is 6.07 Å². The fraction of sp³-hybridized carbons (Fsp3) is 0.615. The van der Waals surface area contributed by atoms with Crippen molar-refractivity contribution in [2.45, 2.75) is 38.6 Å². The molecule has 0 aliphatic heterocycles. The summed E-state index contributed by atoms with van der Waals surface area (Å²) in [5, 5.41) is 16.0. The summed E-state index contributed by atoms with van der Waals surface area (Å²) in [5.74, 6) is -1.17. The van der Waals surface area contributed by atoms with Crippen LogP contribution >= 0.6 is 0 Å². The van der Waals surface area contributed by atoms with Crippen LogP contribution in [0.3, 0.4) is 0 Å². The lowest BCUT2D eigenvalue weighted by Crippen LogP contribution is -2.38. The Hall–Kier alpha value is -1.85. The van der Waals surface area contributed by atoms with Crippen molar-refractivity contribution in [2.24, 2.45) is 13.0 Å². The van der Waals surface area contributed by atoms with E-state index in [1.54, 1.807) is 17.8 Å². The maximum atomic E-state index is 12.0. The summed E-state index contributed by atoms with van der Waals surface area (Å²) in [4.78, 5) is 22.8. The van der Waals surface area contributed by atoms with Crippen LogP contribution in [0.2, 0.25) is 0 Å². The Morgan fingerprint density at radius 1 is 1.37 bits per heavy atom. The molecule has 1 saturated carbocycles. The number of carboxylic acid groups (broad SMARTS) is 1. The van der Waals surface area contributed by atoms with Gasteiger partial charge >= 0.3 is 5.97 Å². The van der Waals surface area contributed by atoms with Crippen LogP contribution < -0.4 is 5.32 Å². The van der Waals surface area contributed by atoms with Gasteiger partial charge in [-0.15, -0.1) is 0 Å². The van der Waals surface area contributed by atoms with Gasteiger partial charge in [-0.3, -0.25) is 14.3 Å².